The van der Waals surface area contributed by atoms with Crippen LogP contribution < -0.4 is 9.47 Å². The Balaban J connectivity index is 1.87. The summed E-state index contributed by atoms with van der Waals surface area (Å²) in [6, 6.07) is 8.94. The van der Waals surface area contributed by atoms with Crippen molar-refractivity contribution in [3.63, 3.8) is 0 Å². The van der Waals surface area contributed by atoms with Gasteiger partial charge in [0.25, 0.3) is 5.69 Å². The Hall–Kier alpha value is -2.70. The van der Waals surface area contributed by atoms with Crippen molar-refractivity contribution in [3.8, 4) is 11.5 Å². The highest BCUT2D eigenvalue weighted by Crippen LogP contribution is 2.22. The van der Waals surface area contributed by atoms with Gasteiger partial charge in [0.15, 0.2) is 23.1 Å². The third kappa shape index (κ3) is 3.88. The van der Waals surface area contributed by atoms with E-state index in [1.165, 1.54) is 18.2 Å². The first-order valence-electron chi connectivity index (χ1n) is 6.02. The third-order valence-corrected chi connectivity index (χ3v) is 2.56. The summed E-state index contributed by atoms with van der Waals surface area (Å²) >= 11 is 0. The average Bonchev–Trinajstić information content (AvgIpc) is 2.46. The van der Waals surface area contributed by atoms with E-state index in [0.717, 1.165) is 18.2 Å². The predicted octanol–water partition coefficient (Wildman–Crippen LogP) is 3.33. The van der Waals surface area contributed by atoms with Gasteiger partial charge in [0.1, 0.15) is 13.2 Å². The zero-order valence-electron chi connectivity index (χ0n) is 10.8. The van der Waals surface area contributed by atoms with Crippen molar-refractivity contribution in [3.05, 3.63) is 64.2 Å². The zero-order chi connectivity index (χ0) is 15.2. The van der Waals surface area contributed by atoms with Crippen molar-refractivity contribution in [1.82, 2.24) is 0 Å². The number of hydrogen-bond acceptors (Lipinski definition) is 4. The zero-order valence-corrected chi connectivity index (χ0v) is 10.8. The second-order valence-electron chi connectivity index (χ2n) is 4.00. The van der Waals surface area contributed by atoms with Gasteiger partial charge in [-0.25, -0.2) is 8.78 Å². The molecule has 0 saturated carbocycles. The van der Waals surface area contributed by atoms with Gasteiger partial charge in [-0.15, -0.1) is 0 Å². The number of nitro groups is 1. The van der Waals surface area contributed by atoms with Gasteiger partial charge in [0.05, 0.1) is 11.0 Å². The number of para-hydroxylation sites is 1. The summed E-state index contributed by atoms with van der Waals surface area (Å²) in [6.07, 6.45) is 0. The molecule has 0 aromatic heterocycles. The van der Waals surface area contributed by atoms with E-state index in [1.807, 2.05) is 0 Å². The van der Waals surface area contributed by atoms with Gasteiger partial charge in [-0.05, 0) is 18.2 Å². The molecule has 0 aliphatic heterocycles. The van der Waals surface area contributed by atoms with Crippen molar-refractivity contribution < 1.29 is 23.2 Å². The molecule has 0 heterocycles. The third-order valence-electron chi connectivity index (χ3n) is 2.56. The molecule has 0 amide bonds. The molecule has 0 atom stereocenters. The maximum Gasteiger partial charge on any atom is 0.272 e. The molecule has 0 bridgehead atoms. The van der Waals surface area contributed by atoms with E-state index in [0.29, 0.717) is 0 Å². The van der Waals surface area contributed by atoms with Crippen molar-refractivity contribution in [2.24, 2.45) is 0 Å². The van der Waals surface area contributed by atoms with Crippen LogP contribution in [0.15, 0.2) is 42.5 Å². The molecular formula is C14H11F2NO4. The number of nitrogens with zero attached hydrogens (tertiary/aromatic N) is 1. The molecule has 0 spiro atoms. The summed E-state index contributed by atoms with van der Waals surface area (Å²) in [5.41, 5.74) is -0.359. The Labute approximate surface area is 118 Å². The molecule has 2 aromatic carbocycles. The molecule has 0 saturated heterocycles. The lowest BCUT2D eigenvalue weighted by Crippen LogP contribution is -2.10. The molecule has 5 nitrogen and oxygen atoms in total. The number of benzene rings is 2. The second-order valence-corrected chi connectivity index (χ2v) is 4.00. The van der Waals surface area contributed by atoms with Crippen LogP contribution in [0.3, 0.4) is 0 Å². The molecule has 7 heteroatoms. The van der Waals surface area contributed by atoms with E-state index in [4.69, 9.17) is 9.47 Å². The van der Waals surface area contributed by atoms with Gasteiger partial charge in [0, 0.05) is 6.07 Å². The number of rotatable bonds is 6. The smallest absolute Gasteiger partial charge is 0.272 e. The predicted molar refractivity (Wildman–Crippen MR) is 70.4 cm³/mol. The topological polar surface area (TPSA) is 61.6 Å². The van der Waals surface area contributed by atoms with Crippen LogP contribution in [0.1, 0.15) is 0 Å². The minimum absolute atomic E-state index is 0.0113. The van der Waals surface area contributed by atoms with Crippen molar-refractivity contribution in [1.29, 1.82) is 0 Å². The Morgan fingerprint density at radius 2 is 1.57 bits per heavy atom. The average molecular weight is 295 g/mol. The van der Waals surface area contributed by atoms with Crippen LogP contribution in [-0.2, 0) is 0 Å². The summed E-state index contributed by atoms with van der Waals surface area (Å²) in [7, 11) is 0. The minimum atomic E-state index is -0.838. The maximum atomic E-state index is 13.5. The van der Waals surface area contributed by atoms with Crippen LogP contribution >= 0.6 is 0 Å². The molecule has 110 valence electrons. The van der Waals surface area contributed by atoms with E-state index in [9.17, 15) is 18.9 Å². The summed E-state index contributed by atoms with van der Waals surface area (Å²) in [4.78, 5) is 9.76. The first-order chi connectivity index (χ1) is 10.1. The highest BCUT2D eigenvalue weighted by molar-refractivity contribution is 5.37. The molecule has 2 aromatic rings. The van der Waals surface area contributed by atoms with Crippen LogP contribution in [-0.4, -0.2) is 18.1 Å². The molecule has 0 N–H and O–H groups in total. The Kier molecular flexibility index (Phi) is 4.65. The van der Waals surface area contributed by atoms with Crippen LogP contribution in [0.4, 0.5) is 14.5 Å². The molecule has 0 aliphatic carbocycles. The minimum Gasteiger partial charge on any atom is -0.487 e. The first kappa shape index (κ1) is 14.7. The summed E-state index contributed by atoms with van der Waals surface area (Å²) in [5.74, 6) is -1.39. The lowest BCUT2D eigenvalue weighted by molar-refractivity contribution is -0.385. The SMILES string of the molecule is O=[N+]([O-])c1ccc(OCCOc2ccccc2F)c(F)c1. The quantitative estimate of drug-likeness (QED) is 0.466. The van der Waals surface area contributed by atoms with Gasteiger partial charge in [-0.1, -0.05) is 12.1 Å². The molecule has 0 unspecified atom stereocenters. The van der Waals surface area contributed by atoms with Crippen molar-refractivity contribution >= 4 is 5.69 Å². The standard InChI is InChI=1S/C14H11F2NO4/c15-11-3-1-2-4-13(11)20-7-8-21-14-6-5-10(17(18)19)9-12(14)16/h1-6,9H,7-8H2. The van der Waals surface area contributed by atoms with Crippen LogP contribution in [0, 0.1) is 21.7 Å². The van der Waals surface area contributed by atoms with E-state index in [2.05, 4.69) is 0 Å². The lowest BCUT2D eigenvalue weighted by Gasteiger charge is -2.09. The molecule has 0 fully saturated rings. The van der Waals surface area contributed by atoms with Gasteiger partial charge in [-0.2, -0.15) is 0 Å². The fourth-order valence-corrected chi connectivity index (χ4v) is 1.59. The Bertz CT molecular complexity index is 649. The van der Waals surface area contributed by atoms with Gasteiger partial charge < -0.3 is 9.47 Å². The normalized spacial score (nSPS) is 10.2. The van der Waals surface area contributed by atoms with Crippen molar-refractivity contribution in [2.75, 3.05) is 13.2 Å². The number of non-ortho nitro benzene ring substituents is 1. The van der Waals surface area contributed by atoms with Gasteiger partial charge in [0.2, 0.25) is 0 Å². The maximum absolute atomic E-state index is 13.5. The van der Waals surface area contributed by atoms with E-state index in [-0.39, 0.29) is 30.4 Å². The monoisotopic (exact) mass is 295 g/mol. The summed E-state index contributed by atoms with van der Waals surface area (Å²) < 4.78 is 36.9. The molecular weight excluding hydrogens is 284 g/mol. The van der Waals surface area contributed by atoms with Crippen molar-refractivity contribution in [2.45, 2.75) is 0 Å². The fraction of sp³-hybridized carbons (Fsp3) is 0.143. The van der Waals surface area contributed by atoms with Gasteiger partial charge >= 0.3 is 0 Å². The number of ether oxygens (including phenoxy) is 2. The number of halogens is 2. The largest absolute Gasteiger partial charge is 0.487 e. The second kappa shape index (κ2) is 6.65. The lowest BCUT2D eigenvalue weighted by atomic mass is 10.3. The van der Waals surface area contributed by atoms with E-state index in [1.54, 1.807) is 6.07 Å². The van der Waals surface area contributed by atoms with E-state index >= 15 is 0 Å². The highest BCUT2D eigenvalue weighted by Gasteiger charge is 2.11. The van der Waals surface area contributed by atoms with Crippen LogP contribution in [0.25, 0.3) is 0 Å². The first-order valence-corrected chi connectivity index (χ1v) is 6.02. The number of nitro benzene ring substituents is 1. The Morgan fingerprint density at radius 3 is 2.14 bits per heavy atom. The van der Waals surface area contributed by atoms with Gasteiger partial charge in [-0.3, -0.25) is 10.1 Å². The molecule has 0 radical (unpaired) electrons. The Morgan fingerprint density at radius 1 is 0.952 bits per heavy atom. The van der Waals surface area contributed by atoms with Crippen LogP contribution in [0.2, 0.25) is 0 Å². The summed E-state index contributed by atoms with van der Waals surface area (Å²) in [6.45, 7) is -0.0135. The van der Waals surface area contributed by atoms with Crippen LogP contribution in [0.5, 0.6) is 11.5 Å². The molecule has 0 aliphatic rings. The van der Waals surface area contributed by atoms with E-state index < -0.39 is 16.6 Å². The molecule has 21 heavy (non-hydrogen) atoms. The summed E-state index contributed by atoms with van der Waals surface area (Å²) in [5, 5.41) is 10.5. The fourth-order valence-electron chi connectivity index (χ4n) is 1.59. The number of hydrogen-bond donors (Lipinski definition) is 0. The molecule has 2 rings (SSSR count). The highest BCUT2D eigenvalue weighted by atomic mass is 19.1.